The average Bonchev–Trinajstić information content (AvgIpc) is 3.36. The molecular formula is C26H37BrOS. The van der Waals surface area contributed by atoms with Crippen LogP contribution in [0.25, 0.3) is 0 Å². The number of rotatable bonds is 10. The summed E-state index contributed by atoms with van der Waals surface area (Å²) in [6.45, 7) is 6.54. The zero-order chi connectivity index (χ0) is 20.9. The van der Waals surface area contributed by atoms with Gasteiger partial charge in [-0.1, -0.05) is 79.9 Å². The van der Waals surface area contributed by atoms with Crippen molar-refractivity contribution in [2.45, 2.75) is 94.4 Å². The molecule has 1 aromatic carbocycles. The van der Waals surface area contributed by atoms with Crippen LogP contribution in [0.1, 0.15) is 87.6 Å². The van der Waals surface area contributed by atoms with Crippen molar-refractivity contribution in [1.82, 2.24) is 0 Å². The molecule has 4 unspecified atom stereocenters. The highest BCUT2D eigenvalue weighted by molar-refractivity contribution is 9.09. The second kappa shape index (κ2) is 10.6. The maximum Gasteiger partial charge on any atom is 0.0631 e. The SMILES string of the molecule is CCCCC(O)C(C)(C)c1ccc(C2C(Br)CCC2CCCc2cccs2)cc1. The van der Waals surface area contributed by atoms with E-state index in [1.54, 1.807) is 0 Å². The number of halogens is 1. The van der Waals surface area contributed by atoms with E-state index in [1.807, 2.05) is 11.3 Å². The summed E-state index contributed by atoms with van der Waals surface area (Å²) >= 11 is 5.87. The number of alkyl halides is 1. The van der Waals surface area contributed by atoms with Crippen molar-refractivity contribution in [2.75, 3.05) is 0 Å². The van der Waals surface area contributed by atoms with Gasteiger partial charge in [-0.2, -0.15) is 0 Å². The lowest BCUT2D eigenvalue weighted by molar-refractivity contribution is 0.0890. The number of hydrogen-bond donors (Lipinski definition) is 1. The van der Waals surface area contributed by atoms with E-state index < -0.39 is 0 Å². The summed E-state index contributed by atoms with van der Waals surface area (Å²) in [5.74, 6) is 1.38. The number of hydrogen-bond acceptors (Lipinski definition) is 2. The Bertz CT molecular complexity index is 722. The fraction of sp³-hybridized carbons (Fsp3) is 0.615. The van der Waals surface area contributed by atoms with Gasteiger partial charge >= 0.3 is 0 Å². The van der Waals surface area contributed by atoms with Crippen molar-refractivity contribution in [3.8, 4) is 0 Å². The summed E-state index contributed by atoms with van der Waals surface area (Å²) in [6.07, 6.45) is 9.24. The Morgan fingerprint density at radius 3 is 2.55 bits per heavy atom. The Morgan fingerprint density at radius 1 is 1.14 bits per heavy atom. The molecule has 0 saturated heterocycles. The van der Waals surface area contributed by atoms with Crippen molar-refractivity contribution in [2.24, 2.45) is 5.92 Å². The number of aliphatic hydroxyl groups excluding tert-OH is 1. The molecule has 160 valence electrons. The second-order valence-corrected chi connectivity index (χ2v) is 11.6. The third kappa shape index (κ3) is 5.74. The molecule has 1 heterocycles. The molecule has 0 bridgehead atoms. The van der Waals surface area contributed by atoms with Crippen molar-refractivity contribution in [1.29, 1.82) is 0 Å². The fourth-order valence-electron chi connectivity index (χ4n) is 4.91. The summed E-state index contributed by atoms with van der Waals surface area (Å²) in [6, 6.07) is 13.6. The highest BCUT2D eigenvalue weighted by Gasteiger charge is 2.36. The highest BCUT2D eigenvalue weighted by Crippen LogP contribution is 2.46. The van der Waals surface area contributed by atoms with Crippen LogP contribution >= 0.6 is 27.3 Å². The minimum absolute atomic E-state index is 0.197. The monoisotopic (exact) mass is 476 g/mol. The van der Waals surface area contributed by atoms with Gasteiger partial charge in [0.2, 0.25) is 0 Å². The quantitative estimate of drug-likeness (QED) is 0.345. The molecule has 29 heavy (non-hydrogen) atoms. The van der Waals surface area contributed by atoms with Gasteiger partial charge in [0.1, 0.15) is 0 Å². The minimum atomic E-state index is -0.284. The van der Waals surface area contributed by atoms with Crippen LogP contribution in [0.4, 0.5) is 0 Å². The van der Waals surface area contributed by atoms with Crippen LogP contribution in [0.3, 0.4) is 0 Å². The molecule has 1 nitrogen and oxygen atoms in total. The van der Waals surface area contributed by atoms with Gasteiger partial charge in [0.05, 0.1) is 6.10 Å². The second-order valence-electron chi connectivity index (χ2n) is 9.35. The molecule has 1 aromatic heterocycles. The zero-order valence-corrected chi connectivity index (χ0v) is 20.6. The molecule has 1 aliphatic carbocycles. The Balaban J connectivity index is 1.64. The van der Waals surface area contributed by atoms with Crippen LogP contribution < -0.4 is 0 Å². The Morgan fingerprint density at radius 2 is 1.90 bits per heavy atom. The lowest BCUT2D eigenvalue weighted by Gasteiger charge is -2.32. The molecule has 3 heteroatoms. The Kier molecular flexibility index (Phi) is 8.41. The summed E-state index contributed by atoms with van der Waals surface area (Å²) in [5.41, 5.74) is 2.52. The van der Waals surface area contributed by atoms with E-state index in [9.17, 15) is 5.11 Å². The molecule has 1 fully saturated rings. The number of unbranched alkanes of at least 4 members (excludes halogenated alkanes) is 1. The van der Waals surface area contributed by atoms with E-state index in [2.05, 4.69) is 78.5 Å². The normalized spacial score (nSPS) is 23.4. The van der Waals surface area contributed by atoms with E-state index in [4.69, 9.17) is 0 Å². The molecule has 1 N–H and O–H groups in total. The molecule has 1 saturated carbocycles. The van der Waals surface area contributed by atoms with E-state index in [0.717, 1.165) is 25.2 Å². The predicted molar refractivity (Wildman–Crippen MR) is 130 cm³/mol. The van der Waals surface area contributed by atoms with Gasteiger partial charge < -0.3 is 5.11 Å². The maximum atomic E-state index is 10.7. The average molecular weight is 478 g/mol. The smallest absolute Gasteiger partial charge is 0.0631 e. The van der Waals surface area contributed by atoms with Crippen molar-refractivity contribution in [3.63, 3.8) is 0 Å². The third-order valence-corrected chi connectivity index (χ3v) is 8.96. The van der Waals surface area contributed by atoms with E-state index in [1.165, 1.54) is 48.1 Å². The number of benzene rings is 1. The third-order valence-electron chi connectivity index (χ3n) is 6.99. The number of aliphatic hydroxyl groups is 1. The standard InChI is InChI=1S/C26H37BrOS/c1-4-5-11-24(28)26(2,3)21-15-12-20(13-16-21)25-19(14-17-23(25)27)8-6-9-22-10-7-18-29-22/h7,10,12-13,15-16,18-19,23-25,28H,4-6,8-9,11,14,17H2,1-3H3. The van der Waals surface area contributed by atoms with E-state index >= 15 is 0 Å². The number of thiophene rings is 1. The van der Waals surface area contributed by atoms with Crippen LogP contribution in [0, 0.1) is 5.92 Å². The lowest BCUT2D eigenvalue weighted by Crippen LogP contribution is -2.33. The van der Waals surface area contributed by atoms with Gasteiger partial charge in [0, 0.05) is 15.1 Å². The first-order valence-electron chi connectivity index (χ1n) is 11.4. The van der Waals surface area contributed by atoms with Crippen LogP contribution in [-0.4, -0.2) is 16.0 Å². The number of aryl methyl sites for hydroxylation is 1. The molecule has 0 radical (unpaired) electrons. The van der Waals surface area contributed by atoms with Crippen LogP contribution in [-0.2, 0) is 11.8 Å². The van der Waals surface area contributed by atoms with Gasteiger partial charge in [-0.25, -0.2) is 0 Å². The van der Waals surface area contributed by atoms with Gasteiger partial charge in [-0.15, -0.1) is 11.3 Å². The Labute approximate surface area is 190 Å². The minimum Gasteiger partial charge on any atom is -0.392 e. The first kappa shape index (κ1) is 23.0. The molecule has 4 atom stereocenters. The van der Waals surface area contributed by atoms with Crippen LogP contribution in [0.2, 0.25) is 0 Å². The van der Waals surface area contributed by atoms with Gasteiger partial charge in [-0.3, -0.25) is 0 Å². The molecule has 0 amide bonds. The largest absolute Gasteiger partial charge is 0.392 e. The fourth-order valence-corrected chi connectivity index (χ4v) is 6.66. The van der Waals surface area contributed by atoms with E-state index in [-0.39, 0.29) is 11.5 Å². The lowest BCUT2D eigenvalue weighted by atomic mass is 9.76. The van der Waals surface area contributed by atoms with Crippen molar-refractivity contribution < 1.29 is 5.11 Å². The van der Waals surface area contributed by atoms with E-state index in [0.29, 0.717) is 10.7 Å². The zero-order valence-electron chi connectivity index (χ0n) is 18.2. The van der Waals surface area contributed by atoms with Crippen molar-refractivity contribution >= 4 is 27.3 Å². The topological polar surface area (TPSA) is 20.2 Å². The summed E-state index contributed by atoms with van der Waals surface area (Å²) in [5, 5.41) is 12.9. The Hall–Kier alpha value is -0.640. The summed E-state index contributed by atoms with van der Waals surface area (Å²) in [7, 11) is 0. The summed E-state index contributed by atoms with van der Waals surface area (Å²) < 4.78 is 0. The molecule has 0 aliphatic heterocycles. The molecule has 0 spiro atoms. The van der Waals surface area contributed by atoms with Crippen molar-refractivity contribution in [3.05, 3.63) is 57.8 Å². The molecular weight excluding hydrogens is 440 g/mol. The first-order chi connectivity index (χ1) is 13.9. The van der Waals surface area contributed by atoms with Gasteiger partial charge in [0.25, 0.3) is 0 Å². The molecule has 3 rings (SSSR count). The molecule has 1 aliphatic rings. The van der Waals surface area contributed by atoms with Crippen LogP contribution in [0.15, 0.2) is 41.8 Å². The predicted octanol–water partition coefficient (Wildman–Crippen LogP) is 7.86. The highest BCUT2D eigenvalue weighted by atomic mass is 79.9. The van der Waals surface area contributed by atoms with Gasteiger partial charge in [0.15, 0.2) is 0 Å². The maximum absolute atomic E-state index is 10.7. The van der Waals surface area contributed by atoms with Crippen LogP contribution in [0.5, 0.6) is 0 Å². The van der Waals surface area contributed by atoms with Gasteiger partial charge in [-0.05, 0) is 72.9 Å². The first-order valence-corrected chi connectivity index (χ1v) is 13.2. The molecule has 2 aromatic rings. The summed E-state index contributed by atoms with van der Waals surface area (Å²) in [4.78, 5) is 2.10.